The molecule has 1 fully saturated rings. The van der Waals surface area contributed by atoms with Gasteiger partial charge in [0.1, 0.15) is 5.75 Å². The Hall–Kier alpha value is -2.37. The van der Waals surface area contributed by atoms with Crippen molar-refractivity contribution in [3.8, 4) is 5.75 Å². The second-order valence-electron chi connectivity index (χ2n) is 4.75. The summed E-state index contributed by atoms with van der Waals surface area (Å²) in [6.07, 6.45) is 0.407. The zero-order valence-corrected chi connectivity index (χ0v) is 12.0. The summed E-state index contributed by atoms with van der Waals surface area (Å²) < 4.78 is 9.85. The standard InChI is InChI=1S/C15H17NO5/c1-20-11-5-3-10(4-6-11)12(15(19)21-2)9-16-13(17)7-8-14(16)18/h3-6,12H,7-9H2,1-2H3. The average Bonchev–Trinajstić information content (AvgIpc) is 2.83. The highest BCUT2D eigenvalue weighted by Gasteiger charge is 2.34. The number of esters is 1. The van der Waals surface area contributed by atoms with Crippen LogP contribution in [0.2, 0.25) is 0 Å². The van der Waals surface area contributed by atoms with Crippen molar-refractivity contribution in [2.24, 2.45) is 0 Å². The molecule has 1 aliphatic rings. The van der Waals surface area contributed by atoms with E-state index in [1.54, 1.807) is 31.4 Å². The molecule has 6 heteroatoms. The SMILES string of the molecule is COC(=O)C(CN1C(=O)CCC1=O)c1ccc(OC)cc1. The molecular weight excluding hydrogens is 274 g/mol. The molecule has 1 heterocycles. The molecule has 1 aromatic carbocycles. The van der Waals surface area contributed by atoms with Gasteiger partial charge < -0.3 is 9.47 Å². The van der Waals surface area contributed by atoms with E-state index >= 15 is 0 Å². The molecule has 6 nitrogen and oxygen atoms in total. The van der Waals surface area contributed by atoms with Crippen molar-refractivity contribution in [3.63, 3.8) is 0 Å². The van der Waals surface area contributed by atoms with Crippen LogP contribution in [-0.4, -0.2) is 43.4 Å². The maximum Gasteiger partial charge on any atom is 0.314 e. The van der Waals surface area contributed by atoms with Crippen LogP contribution in [0.25, 0.3) is 0 Å². The Bertz CT molecular complexity index is 536. The van der Waals surface area contributed by atoms with Gasteiger partial charge in [-0.2, -0.15) is 0 Å². The fraction of sp³-hybridized carbons (Fsp3) is 0.400. The van der Waals surface area contributed by atoms with Gasteiger partial charge in [0.05, 0.1) is 20.1 Å². The summed E-state index contributed by atoms with van der Waals surface area (Å²) in [7, 11) is 2.83. The predicted molar refractivity (Wildman–Crippen MR) is 73.7 cm³/mol. The third-order valence-corrected chi connectivity index (χ3v) is 3.52. The molecule has 0 aliphatic carbocycles. The number of nitrogens with zero attached hydrogens (tertiary/aromatic N) is 1. The fourth-order valence-electron chi connectivity index (χ4n) is 2.30. The number of imide groups is 1. The summed E-state index contributed by atoms with van der Waals surface area (Å²) in [4.78, 5) is 36.5. The van der Waals surface area contributed by atoms with Crippen molar-refractivity contribution >= 4 is 17.8 Å². The summed E-state index contributed by atoms with van der Waals surface area (Å²) in [5.74, 6) is -1.000. The quantitative estimate of drug-likeness (QED) is 0.600. The molecule has 0 spiro atoms. The number of carbonyl (C=O) groups is 3. The summed E-state index contributed by atoms with van der Waals surface area (Å²) in [6.45, 7) is 0.0106. The molecule has 0 bridgehead atoms. The van der Waals surface area contributed by atoms with Crippen LogP contribution in [-0.2, 0) is 19.1 Å². The topological polar surface area (TPSA) is 72.9 Å². The van der Waals surface area contributed by atoms with Crippen LogP contribution in [0.4, 0.5) is 0 Å². The lowest BCUT2D eigenvalue weighted by Gasteiger charge is -2.21. The molecule has 0 saturated carbocycles. The van der Waals surface area contributed by atoms with E-state index in [0.717, 1.165) is 4.90 Å². The lowest BCUT2D eigenvalue weighted by atomic mass is 9.98. The van der Waals surface area contributed by atoms with Crippen LogP contribution < -0.4 is 4.74 Å². The van der Waals surface area contributed by atoms with E-state index in [1.165, 1.54) is 7.11 Å². The first-order chi connectivity index (χ1) is 10.1. The van der Waals surface area contributed by atoms with Crippen LogP contribution in [0, 0.1) is 0 Å². The van der Waals surface area contributed by atoms with Gasteiger partial charge in [-0.05, 0) is 17.7 Å². The number of hydrogen-bond donors (Lipinski definition) is 0. The van der Waals surface area contributed by atoms with E-state index in [-0.39, 0.29) is 31.2 Å². The molecule has 1 saturated heterocycles. The minimum atomic E-state index is -0.688. The zero-order valence-electron chi connectivity index (χ0n) is 12.0. The van der Waals surface area contributed by atoms with Crippen LogP contribution >= 0.6 is 0 Å². The van der Waals surface area contributed by atoms with Gasteiger partial charge in [0.2, 0.25) is 11.8 Å². The van der Waals surface area contributed by atoms with Crippen molar-refractivity contribution in [2.75, 3.05) is 20.8 Å². The third-order valence-electron chi connectivity index (χ3n) is 3.52. The van der Waals surface area contributed by atoms with Gasteiger partial charge in [0, 0.05) is 19.4 Å². The third kappa shape index (κ3) is 3.21. The minimum Gasteiger partial charge on any atom is -0.497 e. The first kappa shape index (κ1) is 15.0. The lowest BCUT2D eigenvalue weighted by molar-refractivity contribution is -0.145. The van der Waals surface area contributed by atoms with Gasteiger partial charge in [-0.1, -0.05) is 12.1 Å². The summed E-state index contributed by atoms with van der Waals surface area (Å²) >= 11 is 0. The Morgan fingerprint density at radius 1 is 1.14 bits per heavy atom. The maximum atomic E-state index is 12.0. The van der Waals surface area contributed by atoms with Gasteiger partial charge in [-0.25, -0.2) is 0 Å². The second kappa shape index (κ2) is 6.39. The first-order valence-corrected chi connectivity index (χ1v) is 6.61. The van der Waals surface area contributed by atoms with Crippen molar-refractivity contribution < 1.29 is 23.9 Å². The number of amides is 2. The average molecular weight is 291 g/mol. The van der Waals surface area contributed by atoms with E-state index in [1.807, 2.05) is 0 Å². The maximum absolute atomic E-state index is 12.0. The summed E-state index contributed by atoms with van der Waals surface area (Å²) in [6, 6.07) is 6.90. The van der Waals surface area contributed by atoms with Crippen molar-refractivity contribution in [1.82, 2.24) is 4.90 Å². The number of rotatable bonds is 5. The minimum absolute atomic E-state index is 0.0106. The molecule has 112 valence electrons. The largest absolute Gasteiger partial charge is 0.497 e. The molecule has 0 aromatic heterocycles. The summed E-state index contributed by atoms with van der Waals surface area (Å²) in [5, 5.41) is 0. The van der Waals surface area contributed by atoms with E-state index < -0.39 is 11.9 Å². The van der Waals surface area contributed by atoms with Crippen LogP contribution in [0.3, 0.4) is 0 Å². The molecule has 0 N–H and O–H groups in total. The molecule has 1 aliphatic heterocycles. The van der Waals surface area contributed by atoms with Gasteiger partial charge >= 0.3 is 5.97 Å². The highest BCUT2D eigenvalue weighted by atomic mass is 16.5. The molecular formula is C15H17NO5. The Labute approximate surface area is 122 Å². The Morgan fingerprint density at radius 3 is 2.19 bits per heavy atom. The molecule has 2 amide bonds. The van der Waals surface area contributed by atoms with E-state index in [4.69, 9.17) is 9.47 Å². The normalized spacial score (nSPS) is 16.0. The molecule has 1 aromatic rings. The number of hydrogen-bond acceptors (Lipinski definition) is 5. The highest BCUT2D eigenvalue weighted by Crippen LogP contribution is 2.24. The lowest BCUT2D eigenvalue weighted by Crippen LogP contribution is -2.36. The van der Waals surface area contributed by atoms with Gasteiger partial charge in [-0.3, -0.25) is 19.3 Å². The zero-order chi connectivity index (χ0) is 15.4. The molecule has 1 unspecified atom stereocenters. The van der Waals surface area contributed by atoms with Crippen molar-refractivity contribution in [3.05, 3.63) is 29.8 Å². The molecule has 0 radical (unpaired) electrons. The smallest absolute Gasteiger partial charge is 0.314 e. The van der Waals surface area contributed by atoms with E-state index in [2.05, 4.69) is 0 Å². The molecule has 2 rings (SSSR count). The monoisotopic (exact) mass is 291 g/mol. The number of likely N-dealkylation sites (tertiary alicyclic amines) is 1. The number of methoxy groups -OCH3 is 2. The highest BCUT2D eigenvalue weighted by molar-refractivity contribution is 6.02. The van der Waals surface area contributed by atoms with Gasteiger partial charge in [-0.15, -0.1) is 0 Å². The summed E-state index contributed by atoms with van der Waals surface area (Å²) in [5.41, 5.74) is 0.676. The van der Waals surface area contributed by atoms with Crippen LogP contribution in [0.5, 0.6) is 5.75 Å². The predicted octanol–water partition coefficient (Wildman–Crippen LogP) is 1.10. The van der Waals surface area contributed by atoms with E-state index in [0.29, 0.717) is 11.3 Å². The second-order valence-corrected chi connectivity index (χ2v) is 4.75. The van der Waals surface area contributed by atoms with Crippen molar-refractivity contribution in [1.29, 1.82) is 0 Å². The van der Waals surface area contributed by atoms with Crippen LogP contribution in [0.15, 0.2) is 24.3 Å². The van der Waals surface area contributed by atoms with E-state index in [9.17, 15) is 14.4 Å². The number of ether oxygens (including phenoxy) is 2. The Balaban J connectivity index is 2.23. The molecule has 1 atom stereocenters. The van der Waals surface area contributed by atoms with Crippen LogP contribution in [0.1, 0.15) is 24.3 Å². The van der Waals surface area contributed by atoms with Gasteiger partial charge in [0.25, 0.3) is 0 Å². The Morgan fingerprint density at radius 2 is 1.71 bits per heavy atom. The Kier molecular flexibility index (Phi) is 4.57. The fourth-order valence-corrected chi connectivity index (χ4v) is 2.30. The number of benzene rings is 1. The van der Waals surface area contributed by atoms with Crippen molar-refractivity contribution in [2.45, 2.75) is 18.8 Å². The first-order valence-electron chi connectivity index (χ1n) is 6.61. The molecule has 21 heavy (non-hydrogen) atoms. The van der Waals surface area contributed by atoms with Gasteiger partial charge in [0.15, 0.2) is 0 Å². The number of carbonyl (C=O) groups excluding carboxylic acids is 3.